The van der Waals surface area contributed by atoms with Gasteiger partial charge in [-0.2, -0.15) is 0 Å². The molecular weight excluding hydrogens is 234 g/mol. The van der Waals surface area contributed by atoms with Gasteiger partial charge in [-0.1, -0.05) is 6.07 Å². The number of rotatable bonds is 6. The van der Waals surface area contributed by atoms with Gasteiger partial charge in [0, 0.05) is 11.6 Å². The molecule has 0 aliphatic heterocycles. The third-order valence-corrected chi connectivity index (χ3v) is 2.27. The van der Waals surface area contributed by atoms with Crippen molar-refractivity contribution in [3.8, 4) is 5.75 Å². The summed E-state index contributed by atoms with van der Waals surface area (Å²) in [4.78, 5) is 22.3. The molecule has 0 aliphatic carbocycles. The predicted molar refractivity (Wildman–Crippen MR) is 66.8 cm³/mol. The average molecular weight is 251 g/mol. The van der Waals surface area contributed by atoms with E-state index in [0.29, 0.717) is 17.9 Å². The summed E-state index contributed by atoms with van der Waals surface area (Å²) in [5, 5.41) is 11.2. The molecule has 5 nitrogen and oxygen atoms in total. The van der Waals surface area contributed by atoms with Crippen molar-refractivity contribution >= 4 is 11.9 Å². The highest BCUT2D eigenvalue weighted by molar-refractivity contribution is 5.94. The summed E-state index contributed by atoms with van der Waals surface area (Å²) in [6, 6.07) is 6.37. The van der Waals surface area contributed by atoms with E-state index in [1.807, 2.05) is 6.92 Å². The molecule has 1 atom stereocenters. The summed E-state index contributed by atoms with van der Waals surface area (Å²) in [5.74, 6) is -0.618. The van der Waals surface area contributed by atoms with E-state index in [9.17, 15) is 9.59 Å². The Balaban J connectivity index is 2.66. The van der Waals surface area contributed by atoms with Gasteiger partial charge in [-0.25, -0.2) is 0 Å². The van der Waals surface area contributed by atoms with Crippen LogP contribution in [-0.4, -0.2) is 29.6 Å². The molecule has 0 aliphatic rings. The number of carboxylic acids is 1. The minimum absolute atomic E-state index is 0.100. The molecule has 0 fully saturated rings. The van der Waals surface area contributed by atoms with Gasteiger partial charge in [0.2, 0.25) is 0 Å². The number of hydrogen-bond donors (Lipinski definition) is 2. The quantitative estimate of drug-likeness (QED) is 0.806. The highest BCUT2D eigenvalue weighted by atomic mass is 16.5. The monoisotopic (exact) mass is 251 g/mol. The van der Waals surface area contributed by atoms with Crippen LogP contribution in [0.2, 0.25) is 0 Å². The van der Waals surface area contributed by atoms with Crippen LogP contribution in [0, 0.1) is 0 Å². The van der Waals surface area contributed by atoms with Crippen molar-refractivity contribution in [2.75, 3.05) is 6.61 Å². The van der Waals surface area contributed by atoms with Crippen LogP contribution in [-0.2, 0) is 4.79 Å². The maximum Gasteiger partial charge on any atom is 0.305 e. The standard InChI is InChI=1S/C13H17NO4/c1-3-18-11-6-4-5-10(8-11)13(17)14-9(2)7-12(15)16/h4-6,8-9H,3,7H2,1-2H3,(H,14,17)(H,15,16). The first-order valence-electron chi connectivity index (χ1n) is 5.78. The highest BCUT2D eigenvalue weighted by Crippen LogP contribution is 2.13. The Bertz CT molecular complexity index is 431. The lowest BCUT2D eigenvalue weighted by Crippen LogP contribution is -2.34. The fourth-order valence-corrected chi connectivity index (χ4v) is 1.51. The SMILES string of the molecule is CCOc1cccc(C(=O)NC(C)CC(=O)O)c1. The number of ether oxygens (including phenoxy) is 1. The third-order valence-electron chi connectivity index (χ3n) is 2.27. The van der Waals surface area contributed by atoms with Crippen LogP contribution in [0.4, 0.5) is 0 Å². The second kappa shape index (κ2) is 6.64. The minimum atomic E-state index is -0.939. The zero-order valence-electron chi connectivity index (χ0n) is 10.5. The summed E-state index contributed by atoms with van der Waals surface area (Å²) in [5.41, 5.74) is 0.457. The van der Waals surface area contributed by atoms with Gasteiger partial charge in [-0.15, -0.1) is 0 Å². The molecule has 18 heavy (non-hydrogen) atoms. The van der Waals surface area contributed by atoms with Gasteiger partial charge in [0.05, 0.1) is 13.0 Å². The maximum absolute atomic E-state index is 11.8. The molecule has 0 saturated heterocycles. The van der Waals surface area contributed by atoms with Gasteiger partial charge in [0.1, 0.15) is 5.75 Å². The van der Waals surface area contributed by atoms with Crippen molar-refractivity contribution in [2.45, 2.75) is 26.3 Å². The number of carbonyl (C=O) groups is 2. The summed E-state index contributed by atoms with van der Waals surface area (Å²) in [6.07, 6.45) is -0.100. The number of hydrogen-bond acceptors (Lipinski definition) is 3. The Hall–Kier alpha value is -2.04. The normalized spacial score (nSPS) is 11.7. The molecule has 5 heteroatoms. The van der Waals surface area contributed by atoms with Crippen LogP contribution in [0.3, 0.4) is 0 Å². The Morgan fingerprint density at radius 2 is 2.17 bits per heavy atom. The smallest absolute Gasteiger partial charge is 0.305 e. The number of aliphatic carboxylic acids is 1. The Morgan fingerprint density at radius 1 is 1.44 bits per heavy atom. The Kier molecular flexibility index (Phi) is 5.17. The van der Waals surface area contributed by atoms with E-state index in [1.54, 1.807) is 31.2 Å². The number of carbonyl (C=O) groups excluding carboxylic acids is 1. The highest BCUT2D eigenvalue weighted by Gasteiger charge is 2.12. The van der Waals surface area contributed by atoms with E-state index >= 15 is 0 Å². The second-order valence-corrected chi connectivity index (χ2v) is 3.93. The van der Waals surface area contributed by atoms with Crippen molar-refractivity contribution < 1.29 is 19.4 Å². The van der Waals surface area contributed by atoms with Crippen LogP contribution >= 0.6 is 0 Å². The summed E-state index contributed by atoms with van der Waals surface area (Å²) >= 11 is 0. The summed E-state index contributed by atoms with van der Waals surface area (Å²) < 4.78 is 5.29. The lowest BCUT2D eigenvalue weighted by molar-refractivity contribution is -0.137. The molecule has 0 saturated carbocycles. The van der Waals surface area contributed by atoms with E-state index in [0.717, 1.165) is 0 Å². The number of amides is 1. The van der Waals surface area contributed by atoms with Gasteiger partial charge in [-0.05, 0) is 32.0 Å². The van der Waals surface area contributed by atoms with Crippen molar-refractivity contribution in [3.63, 3.8) is 0 Å². The number of nitrogens with one attached hydrogen (secondary N) is 1. The molecule has 0 heterocycles. The van der Waals surface area contributed by atoms with Gasteiger partial charge in [0.25, 0.3) is 5.91 Å². The molecule has 1 amide bonds. The largest absolute Gasteiger partial charge is 0.494 e. The van der Waals surface area contributed by atoms with Crippen LogP contribution in [0.1, 0.15) is 30.6 Å². The molecule has 0 aromatic heterocycles. The van der Waals surface area contributed by atoms with Gasteiger partial charge >= 0.3 is 5.97 Å². The molecule has 0 radical (unpaired) electrons. The van der Waals surface area contributed by atoms with Crippen molar-refractivity contribution in [1.29, 1.82) is 0 Å². The molecule has 1 unspecified atom stereocenters. The molecule has 1 aromatic rings. The molecule has 98 valence electrons. The van der Waals surface area contributed by atoms with E-state index in [4.69, 9.17) is 9.84 Å². The fourth-order valence-electron chi connectivity index (χ4n) is 1.51. The molecule has 2 N–H and O–H groups in total. The molecule has 1 rings (SSSR count). The van der Waals surface area contributed by atoms with Crippen LogP contribution < -0.4 is 10.1 Å². The fraction of sp³-hybridized carbons (Fsp3) is 0.385. The van der Waals surface area contributed by atoms with Gasteiger partial charge < -0.3 is 15.2 Å². The summed E-state index contributed by atoms with van der Waals surface area (Å²) in [7, 11) is 0. The van der Waals surface area contributed by atoms with Gasteiger partial charge in [0.15, 0.2) is 0 Å². The Labute approximate surface area is 106 Å². The third kappa shape index (κ3) is 4.45. The first-order valence-corrected chi connectivity index (χ1v) is 5.78. The second-order valence-electron chi connectivity index (χ2n) is 3.93. The van der Waals surface area contributed by atoms with E-state index < -0.39 is 12.0 Å². The minimum Gasteiger partial charge on any atom is -0.494 e. The lowest BCUT2D eigenvalue weighted by atomic mass is 10.1. The van der Waals surface area contributed by atoms with Crippen LogP contribution in [0.25, 0.3) is 0 Å². The van der Waals surface area contributed by atoms with Gasteiger partial charge in [-0.3, -0.25) is 9.59 Å². The predicted octanol–water partition coefficient (Wildman–Crippen LogP) is 1.68. The first-order chi connectivity index (χ1) is 8.52. The summed E-state index contributed by atoms with van der Waals surface area (Å²) in [6.45, 7) is 4.04. The van der Waals surface area contributed by atoms with Crippen molar-refractivity contribution in [3.05, 3.63) is 29.8 Å². The van der Waals surface area contributed by atoms with Crippen LogP contribution in [0.15, 0.2) is 24.3 Å². The average Bonchev–Trinajstić information content (AvgIpc) is 2.28. The zero-order chi connectivity index (χ0) is 13.5. The lowest BCUT2D eigenvalue weighted by Gasteiger charge is -2.12. The van der Waals surface area contributed by atoms with Crippen LogP contribution in [0.5, 0.6) is 5.75 Å². The molecule has 1 aromatic carbocycles. The first kappa shape index (κ1) is 14.0. The molecular formula is C13H17NO4. The van der Waals surface area contributed by atoms with Crippen molar-refractivity contribution in [2.24, 2.45) is 0 Å². The molecule has 0 spiro atoms. The Morgan fingerprint density at radius 3 is 2.78 bits per heavy atom. The van der Waals surface area contributed by atoms with E-state index in [-0.39, 0.29) is 12.3 Å². The number of benzene rings is 1. The molecule has 0 bridgehead atoms. The van der Waals surface area contributed by atoms with E-state index in [1.165, 1.54) is 0 Å². The zero-order valence-corrected chi connectivity index (χ0v) is 10.5. The topological polar surface area (TPSA) is 75.6 Å². The maximum atomic E-state index is 11.8. The van der Waals surface area contributed by atoms with E-state index in [2.05, 4.69) is 5.32 Å². The van der Waals surface area contributed by atoms with Crippen molar-refractivity contribution in [1.82, 2.24) is 5.32 Å². The number of carboxylic acid groups (broad SMARTS) is 1.